The van der Waals surface area contributed by atoms with Crippen molar-refractivity contribution < 1.29 is 78.0 Å². The Morgan fingerprint density at radius 3 is 1.67 bits per heavy atom. The minimum atomic E-state index is -1.81. The molecule has 1 aliphatic heterocycles. The highest BCUT2D eigenvalue weighted by Gasteiger charge is 2.39. The first kappa shape index (κ1) is 75.2. The second kappa shape index (κ2) is 37.2. The molecule has 3 aromatic rings. The van der Waals surface area contributed by atoms with Gasteiger partial charge in [0.05, 0.1) is 31.4 Å². The minimum absolute atomic E-state index is 0.0370. The molecule has 0 radical (unpaired) electrons. The molecule has 11 atom stereocenters. The number of imidazole rings is 1. The molecule has 0 bridgehead atoms. The summed E-state index contributed by atoms with van der Waals surface area (Å²) in [6.45, 7) is 4.14. The summed E-state index contributed by atoms with van der Waals surface area (Å²) in [7, 11) is 0. The van der Waals surface area contributed by atoms with Crippen molar-refractivity contribution in [1.82, 2.24) is 62.7 Å². The number of phenolic OH excluding ortho intramolecular Hbond substituents is 2. The van der Waals surface area contributed by atoms with Crippen LogP contribution < -0.4 is 70.8 Å². The Morgan fingerprint density at radius 1 is 0.663 bits per heavy atom. The molecule has 1 saturated heterocycles. The number of aromatic hydroxyl groups is 2. The topological polar surface area (TPSA) is 542 Å². The zero-order chi connectivity index (χ0) is 68.4. The predicted molar refractivity (Wildman–Crippen MR) is 337 cm³/mol. The summed E-state index contributed by atoms with van der Waals surface area (Å²) >= 11 is 8.41. The van der Waals surface area contributed by atoms with E-state index in [0.717, 1.165) is 6.92 Å². The van der Waals surface area contributed by atoms with Gasteiger partial charge >= 0.3 is 5.97 Å². The Labute approximate surface area is 540 Å². The number of aliphatic carboxylic acids is 1. The fraction of sp³-hybridized carbons (Fsp3) is 0.509. The molecule has 22 N–H and O–H groups in total. The van der Waals surface area contributed by atoms with Gasteiger partial charge < -0.3 is 101 Å². The number of rotatable bonds is 37. The van der Waals surface area contributed by atoms with Gasteiger partial charge in [-0.15, -0.1) is 0 Å². The molecular weight excluding hydrogens is 1240 g/mol. The van der Waals surface area contributed by atoms with Crippen LogP contribution in [0.1, 0.15) is 76.1 Å². The third kappa shape index (κ3) is 24.9. The maximum Gasteiger partial charge on any atom is 0.326 e. The van der Waals surface area contributed by atoms with Gasteiger partial charge in [-0.1, -0.05) is 38.1 Å². The van der Waals surface area contributed by atoms with E-state index in [9.17, 15) is 78.0 Å². The smallest absolute Gasteiger partial charge is 0.326 e. The second-order valence-electron chi connectivity index (χ2n) is 22.2. The quantitative estimate of drug-likeness (QED) is 0.0111. The van der Waals surface area contributed by atoms with E-state index >= 15 is 0 Å². The fourth-order valence-corrected chi connectivity index (χ4v) is 9.96. The van der Waals surface area contributed by atoms with Crippen LogP contribution in [-0.4, -0.2) is 210 Å². The molecular formula is C57H83N17O16S2. The maximum absolute atomic E-state index is 14.5. The lowest BCUT2D eigenvalue weighted by molar-refractivity contribution is -0.142. The van der Waals surface area contributed by atoms with E-state index in [2.05, 4.69) is 88.1 Å². The van der Waals surface area contributed by atoms with Crippen LogP contribution in [0.5, 0.6) is 11.5 Å². The number of carboxylic acids is 1. The number of carbonyl (C=O) groups is 12. The molecule has 0 saturated carbocycles. The van der Waals surface area contributed by atoms with Gasteiger partial charge in [0.25, 0.3) is 0 Å². The van der Waals surface area contributed by atoms with Crippen LogP contribution in [0.3, 0.4) is 0 Å². The van der Waals surface area contributed by atoms with Gasteiger partial charge in [0, 0.05) is 55.7 Å². The number of H-pyrrole nitrogens is 1. The largest absolute Gasteiger partial charge is 0.508 e. The maximum atomic E-state index is 14.5. The lowest BCUT2D eigenvalue weighted by atomic mass is 10.0. The first-order chi connectivity index (χ1) is 43.5. The summed E-state index contributed by atoms with van der Waals surface area (Å²) in [5, 5.41) is 62.4. The van der Waals surface area contributed by atoms with Gasteiger partial charge in [0.1, 0.15) is 65.9 Å². The fourth-order valence-electron chi connectivity index (χ4n) is 9.44. The number of hydrogen-bond donors (Lipinski definition) is 20. The Kier molecular flexibility index (Phi) is 30.4. The summed E-state index contributed by atoms with van der Waals surface area (Å²) in [6.07, 6.45) is 0.657. The van der Waals surface area contributed by atoms with E-state index in [1.165, 1.54) is 66.0 Å². The number of aromatic amines is 1. The number of aromatic nitrogens is 2. The highest BCUT2D eigenvalue weighted by atomic mass is 32.1. The molecule has 4 rings (SSSR count). The zero-order valence-electron chi connectivity index (χ0n) is 50.8. The van der Waals surface area contributed by atoms with E-state index in [4.69, 9.17) is 22.9 Å². The second-order valence-corrected chi connectivity index (χ2v) is 22.9. The number of nitrogens with zero attached hydrogens (tertiary/aromatic N) is 3. The number of nitrogens with two attached hydrogens (primary N) is 4. The number of amides is 11. The van der Waals surface area contributed by atoms with Gasteiger partial charge in [-0.3, -0.25) is 57.7 Å². The number of guanidine groups is 1. The molecule has 92 heavy (non-hydrogen) atoms. The molecule has 11 amide bonds. The van der Waals surface area contributed by atoms with Crippen molar-refractivity contribution in [2.24, 2.45) is 33.8 Å². The van der Waals surface area contributed by atoms with Gasteiger partial charge in [-0.2, -0.15) is 25.3 Å². The number of carbonyl (C=O) groups excluding carboxylic acids is 11. The Balaban J connectivity index is 1.50. The van der Waals surface area contributed by atoms with Gasteiger partial charge in [-0.25, -0.2) is 9.78 Å². The first-order valence-electron chi connectivity index (χ1n) is 29.3. The molecule has 2 heterocycles. The van der Waals surface area contributed by atoms with E-state index in [1.807, 2.05) is 0 Å². The number of benzene rings is 2. The number of likely N-dealkylation sites (tertiary alicyclic amines) is 1. The summed E-state index contributed by atoms with van der Waals surface area (Å²) in [4.78, 5) is 174. The third-order valence-corrected chi connectivity index (χ3v) is 15.0. The van der Waals surface area contributed by atoms with E-state index in [1.54, 1.807) is 13.8 Å². The molecule has 0 spiro atoms. The molecule has 0 unspecified atom stereocenters. The average Bonchev–Trinajstić information content (AvgIpc) is 1.58. The SMILES string of the molecule is CC(C)C[C@H](NC(=O)[C@H](CS)NC(=O)[C@@H](NC(=O)CNC(=O)[C@H](Cc1ccc(O)cc1)NC(=O)[C@H](Cc1ccc(O)cc1)NC(=O)[C@H](CC(N)=O)NC(=O)[C@H](CS)NC(=O)[C@@H]1CCCN1C(=O)[C@@H](N)CCCN=C(N)N)[C@@H](C)O)C(=O)N[C@@H](Cc1cnc[nH]1)C(=O)O. The van der Waals surface area contributed by atoms with Crippen LogP contribution in [0, 0.1) is 5.92 Å². The summed E-state index contributed by atoms with van der Waals surface area (Å²) in [6, 6.07) is -3.72. The van der Waals surface area contributed by atoms with Crippen LogP contribution in [0.4, 0.5) is 0 Å². The lowest BCUT2D eigenvalue weighted by Gasteiger charge is -2.29. The zero-order valence-corrected chi connectivity index (χ0v) is 52.6. The molecule has 2 aromatic carbocycles. The monoisotopic (exact) mass is 1330 g/mol. The number of nitrogens with one attached hydrogen (secondary N) is 10. The summed E-state index contributed by atoms with van der Waals surface area (Å²) < 4.78 is 0. The Bertz CT molecular complexity index is 3060. The standard InChI is InChI=1S/C57H83N17O16S2/c1-28(2)18-36(48(81)70-40(56(89)90)21-32-23-62-27-65-32)66-52(85)42(26-92)72-54(87)46(29(3)75)73-45(79)24-64-47(80)37(19-30-8-12-33(76)13-9-30)67-49(82)38(20-31-10-14-34(77)15-11-31)68-50(83)39(22-44(59)78)69-51(84)41(25-91)71-53(86)43-7-5-17-74(43)55(88)35(58)6-4-16-63-57(60)61/h8-15,23,27-29,35-43,46,75-77,91-92H,4-7,16-22,24-26,58H2,1-3H3,(H2,59,78)(H,62,65)(H,64,80)(H,66,85)(H,67,82)(H,68,83)(H,69,84)(H,70,81)(H,71,86)(H,72,87)(H,73,79)(H,89,90)(H4,60,61,63)/t29-,35+,36+,37+,38+,39+,40+,41+,42+,43+,46+/m1/s1. The summed E-state index contributed by atoms with van der Waals surface area (Å²) in [5.74, 6) is -13.3. The lowest BCUT2D eigenvalue weighted by Crippen LogP contribution is -2.61. The molecule has 504 valence electrons. The van der Waals surface area contributed by atoms with Crippen LogP contribution in [0.25, 0.3) is 0 Å². The minimum Gasteiger partial charge on any atom is -0.508 e. The number of hydrogen-bond acceptors (Lipinski definition) is 20. The van der Waals surface area contributed by atoms with Crippen molar-refractivity contribution in [2.75, 3.05) is 31.1 Å². The summed E-state index contributed by atoms with van der Waals surface area (Å²) in [5.41, 5.74) is 23.5. The van der Waals surface area contributed by atoms with Gasteiger partial charge in [0.15, 0.2) is 5.96 Å². The van der Waals surface area contributed by atoms with Crippen molar-refractivity contribution in [3.63, 3.8) is 0 Å². The van der Waals surface area contributed by atoms with Gasteiger partial charge in [0.2, 0.25) is 65.0 Å². The highest BCUT2D eigenvalue weighted by molar-refractivity contribution is 7.80. The van der Waals surface area contributed by atoms with Crippen molar-refractivity contribution in [1.29, 1.82) is 0 Å². The predicted octanol–water partition coefficient (Wildman–Crippen LogP) is -5.54. The first-order valence-corrected chi connectivity index (χ1v) is 30.5. The van der Waals surface area contributed by atoms with E-state index < -0.39 is 150 Å². The number of phenols is 2. The molecule has 35 heteroatoms. The van der Waals surface area contributed by atoms with Crippen LogP contribution in [-0.2, 0) is 76.8 Å². The van der Waals surface area contributed by atoms with E-state index in [0.29, 0.717) is 29.7 Å². The van der Waals surface area contributed by atoms with Crippen molar-refractivity contribution >= 4 is 102 Å². The average molecular weight is 1330 g/mol. The number of thiol groups is 2. The number of aliphatic imine (C=N–C) groups is 1. The normalized spacial score (nSPS) is 16.0. The van der Waals surface area contributed by atoms with Crippen LogP contribution in [0.15, 0.2) is 66.0 Å². The highest BCUT2D eigenvalue weighted by Crippen LogP contribution is 2.20. The molecule has 1 aliphatic rings. The van der Waals surface area contributed by atoms with Gasteiger partial charge in [-0.05, 0) is 80.3 Å². The molecule has 1 fully saturated rings. The molecule has 0 aliphatic carbocycles. The number of aliphatic hydroxyl groups is 1. The molecule has 1 aromatic heterocycles. The molecule has 33 nitrogen and oxygen atoms in total. The van der Waals surface area contributed by atoms with Crippen molar-refractivity contribution in [3.8, 4) is 11.5 Å². The van der Waals surface area contributed by atoms with Crippen molar-refractivity contribution in [3.05, 3.63) is 77.9 Å². The Hall–Kier alpha value is -9.22. The van der Waals surface area contributed by atoms with Crippen LogP contribution in [0.2, 0.25) is 0 Å². The van der Waals surface area contributed by atoms with E-state index in [-0.39, 0.29) is 86.5 Å². The van der Waals surface area contributed by atoms with Crippen LogP contribution >= 0.6 is 25.3 Å². The third-order valence-electron chi connectivity index (χ3n) is 14.2. The number of carboxylic acid groups (broad SMARTS) is 1. The Morgan fingerprint density at radius 2 is 1.16 bits per heavy atom. The number of aliphatic hydroxyl groups excluding tert-OH is 1. The van der Waals surface area contributed by atoms with Crippen molar-refractivity contribution in [2.45, 2.75) is 145 Å². The number of primary amides is 1.